The molecule has 2 bridgehead atoms. The second kappa shape index (κ2) is 7.46. The molecule has 1 aromatic carbocycles. The summed E-state index contributed by atoms with van der Waals surface area (Å²) in [7, 11) is 1.67. The van der Waals surface area contributed by atoms with Gasteiger partial charge in [0, 0.05) is 36.7 Å². The lowest BCUT2D eigenvalue weighted by Crippen LogP contribution is -2.59. The molecule has 5 rings (SSSR count). The van der Waals surface area contributed by atoms with Gasteiger partial charge >= 0.3 is 0 Å². The maximum absolute atomic E-state index is 15.3. The number of phenols is 1. The van der Waals surface area contributed by atoms with Crippen molar-refractivity contribution in [2.24, 2.45) is 0 Å². The minimum atomic E-state index is -1.17. The van der Waals surface area contributed by atoms with Crippen LogP contribution in [0.3, 0.4) is 0 Å². The topological polar surface area (TPSA) is 98.0 Å². The van der Waals surface area contributed by atoms with Gasteiger partial charge in [0.25, 0.3) is 0 Å². The number of nitrogens with zero attached hydrogens (tertiary/aromatic N) is 5. The van der Waals surface area contributed by atoms with Crippen LogP contribution in [-0.2, 0) is 4.74 Å². The molecule has 2 aliphatic heterocycles. The summed E-state index contributed by atoms with van der Waals surface area (Å²) in [5.74, 6) is 0.395. The Kier molecular flexibility index (Phi) is 4.83. The number of aromatic hydroxyl groups is 1. The van der Waals surface area contributed by atoms with Gasteiger partial charge < -0.3 is 19.7 Å². The number of aromatic nitrogens is 5. The van der Waals surface area contributed by atoms with Crippen LogP contribution in [0.5, 0.6) is 5.75 Å². The van der Waals surface area contributed by atoms with E-state index in [1.807, 2.05) is 13.0 Å². The Labute approximate surface area is 185 Å². The number of imidazole rings is 1. The molecule has 3 aromatic rings. The average molecular weight is 436 g/mol. The fourth-order valence-corrected chi connectivity index (χ4v) is 5.06. The van der Waals surface area contributed by atoms with Gasteiger partial charge in [-0.15, -0.1) is 10.2 Å². The molecule has 0 unspecified atom stereocenters. The summed E-state index contributed by atoms with van der Waals surface area (Å²) in [5, 5.41) is 22.3. The smallest absolute Gasteiger partial charge is 0.174 e. The highest BCUT2D eigenvalue weighted by Gasteiger charge is 2.58. The Morgan fingerprint density at radius 3 is 2.78 bits per heavy atom. The molecule has 32 heavy (non-hydrogen) atoms. The number of rotatable bonds is 4. The van der Waals surface area contributed by atoms with Crippen LogP contribution in [0.25, 0.3) is 23.0 Å². The van der Waals surface area contributed by atoms with Crippen molar-refractivity contribution in [2.45, 2.75) is 50.0 Å². The fraction of sp³-hybridized carbons (Fsp3) is 0.391. The molecule has 2 fully saturated rings. The molecule has 4 heterocycles. The number of piperidine rings is 1. The van der Waals surface area contributed by atoms with Gasteiger partial charge in [-0.2, -0.15) is 0 Å². The predicted molar refractivity (Wildman–Crippen MR) is 117 cm³/mol. The molecule has 9 heteroatoms. The van der Waals surface area contributed by atoms with E-state index < -0.39 is 11.7 Å². The zero-order chi connectivity index (χ0) is 22.5. The first-order valence-electron chi connectivity index (χ1n) is 10.5. The lowest BCUT2D eigenvalue weighted by molar-refractivity contribution is 0.0536. The summed E-state index contributed by atoms with van der Waals surface area (Å²) in [6.45, 7) is 3.95. The number of ether oxygens (including phenoxy) is 1. The molecule has 8 nitrogen and oxygen atoms in total. The van der Waals surface area contributed by atoms with Crippen molar-refractivity contribution in [2.75, 3.05) is 7.11 Å². The molecular formula is C23H25FN6O2. The molecule has 0 radical (unpaired) electrons. The number of alkyl halides is 1. The van der Waals surface area contributed by atoms with E-state index in [9.17, 15) is 5.11 Å². The van der Waals surface area contributed by atoms with E-state index in [0.29, 0.717) is 35.5 Å². The van der Waals surface area contributed by atoms with Crippen molar-refractivity contribution in [3.05, 3.63) is 54.5 Å². The largest absolute Gasteiger partial charge is 0.507 e. The maximum atomic E-state index is 15.3. The lowest BCUT2D eigenvalue weighted by Gasteiger charge is -2.41. The van der Waals surface area contributed by atoms with Gasteiger partial charge in [0.15, 0.2) is 5.82 Å². The number of methoxy groups -OCH3 is 1. The van der Waals surface area contributed by atoms with Crippen LogP contribution in [-0.4, -0.2) is 60.3 Å². The van der Waals surface area contributed by atoms with E-state index >= 15 is 4.39 Å². The third kappa shape index (κ3) is 3.37. The number of nitrogens with one attached hydrogen (secondary N) is 1. The zero-order valence-corrected chi connectivity index (χ0v) is 18.2. The first kappa shape index (κ1) is 20.7. The number of fused-ring (bicyclic) bond motifs is 2. The number of hydrogen-bond donors (Lipinski definition) is 2. The van der Waals surface area contributed by atoms with E-state index in [4.69, 9.17) is 4.74 Å². The summed E-state index contributed by atoms with van der Waals surface area (Å²) >= 11 is 0. The van der Waals surface area contributed by atoms with Crippen LogP contribution in [0.4, 0.5) is 4.39 Å². The van der Waals surface area contributed by atoms with Crippen molar-refractivity contribution in [1.82, 2.24) is 30.0 Å². The minimum Gasteiger partial charge on any atom is -0.507 e. The van der Waals surface area contributed by atoms with Crippen LogP contribution in [0.2, 0.25) is 0 Å². The predicted octanol–water partition coefficient (Wildman–Crippen LogP) is 3.08. The van der Waals surface area contributed by atoms with Crippen LogP contribution in [0, 0.1) is 0 Å². The summed E-state index contributed by atoms with van der Waals surface area (Å²) in [6.07, 6.45) is 8.20. The molecule has 2 aliphatic rings. The van der Waals surface area contributed by atoms with Gasteiger partial charge in [-0.25, -0.2) is 14.4 Å². The third-order valence-electron chi connectivity index (χ3n) is 6.59. The average Bonchev–Trinajstić information content (AvgIpc) is 3.38. The number of hydrogen-bond acceptors (Lipinski definition) is 7. The van der Waals surface area contributed by atoms with Crippen molar-refractivity contribution >= 4 is 6.08 Å². The van der Waals surface area contributed by atoms with E-state index in [1.165, 1.54) is 6.20 Å². The summed E-state index contributed by atoms with van der Waals surface area (Å²) in [5.41, 5.74) is 1.33. The Morgan fingerprint density at radius 2 is 2.12 bits per heavy atom. The van der Waals surface area contributed by atoms with E-state index in [2.05, 4.69) is 32.4 Å². The normalized spacial score (nSPS) is 30.7. The number of halogens is 1. The molecule has 2 aromatic heterocycles. The van der Waals surface area contributed by atoms with Crippen LogP contribution in [0.15, 0.2) is 48.7 Å². The highest BCUT2D eigenvalue weighted by Crippen LogP contribution is 2.47. The highest BCUT2D eigenvalue weighted by atomic mass is 19.1. The molecule has 0 spiro atoms. The molecule has 2 N–H and O–H groups in total. The molecule has 0 aliphatic carbocycles. The van der Waals surface area contributed by atoms with E-state index in [-0.39, 0.29) is 17.4 Å². The summed E-state index contributed by atoms with van der Waals surface area (Å²) in [4.78, 5) is 8.37. The van der Waals surface area contributed by atoms with Gasteiger partial charge in [-0.3, -0.25) is 0 Å². The van der Waals surface area contributed by atoms with Gasteiger partial charge in [0.1, 0.15) is 17.6 Å². The van der Waals surface area contributed by atoms with Crippen molar-refractivity contribution in [1.29, 1.82) is 0 Å². The molecule has 166 valence electrons. The Bertz CT molecular complexity index is 1160. The Hall–Kier alpha value is -3.17. The monoisotopic (exact) mass is 436 g/mol. The Morgan fingerprint density at radius 1 is 1.28 bits per heavy atom. The molecular weight excluding hydrogens is 411 g/mol. The minimum absolute atomic E-state index is 0.0589. The SMILES string of the molecule is CO[C@H]1C[C@]2(C)N[C@@]1(C)C/C(=C\c1ncc(-c3ccc(-n4ccnc4)cc3O)nn1)[C@@H]2F. The van der Waals surface area contributed by atoms with Crippen molar-refractivity contribution < 1.29 is 14.2 Å². The van der Waals surface area contributed by atoms with Gasteiger partial charge in [-0.1, -0.05) is 0 Å². The lowest BCUT2D eigenvalue weighted by atomic mass is 9.82. The summed E-state index contributed by atoms with van der Waals surface area (Å²) < 4.78 is 22.7. The first-order valence-corrected chi connectivity index (χ1v) is 10.5. The Balaban J connectivity index is 1.40. The van der Waals surface area contributed by atoms with Gasteiger partial charge in [0.05, 0.1) is 29.9 Å². The van der Waals surface area contributed by atoms with E-state index in [1.54, 1.807) is 48.6 Å². The van der Waals surface area contributed by atoms with Gasteiger partial charge in [-0.05, 0) is 50.5 Å². The van der Waals surface area contributed by atoms with Crippen molar-refractivity contribution in [3.8, 4) is 22.7 Å². The second-order valence-corrected chi connectivity index (χ2v) is 9.02. The molecule has 0 amide bonds. The number of phenolic OH excluding ortho intramolecular Hbond substituents is 1. The van der Waals surface area contributed by atoms with Gasteiger partial charge in [0.2, 0.25) is 0 Å². The quantitative estimate of drug-likeness (QED) is 0.649. The molecule has 2 saturated heterocycles. The first-order chi connectivity index (χ1) is 15.3. The molecule has 0 saturated carbocycles. The third-order valence-corrected chi connectivity index (χ3v) is 6.59. The standard InChI is InChI=1S/C23H25FN6O2/c1-22-10-14(21(24)23(2,29-22)11-19(22)32-3)8-20-26-12-17(27-28-20)16-5-4-15(9-18(16)31)30-7-6-25-13-30/h4-9,12-13,19,21,29,31H,10-11H2,1-3H3/b14-8+/t19-,21-,22-,23-/m0/s1. The zero-order valence-electron chi connectivity index (χ0n) is 18.2. The maximum Gasteiger partial charge on any atom is 0.174 e. The van der Waals surface area contributed by atoms with Crippen LogP contribution >= 0.6 is 0 Å². The van der Waals surface area contributed by atoms with Crippen molar-refractivity contribution in [3.63, 3.8) is 0 Å². The highest BCUT2D eigenvalue weighted by molar-refractivity contribution is 5.68. The van der Waals surface area contributed by atoms with Crippen LogP contribution < -0.4 is 5.32 Å². The summed E-state index contributed by atoms with van der Waals surface area (Å²) in [6, 6.07) is 5.23. The second-order valence-electron chi connectivity index (χ2n) is 9.02. The fourth-order valence-electron chi connectivity index (χ4n) is 5.06. The van der Waals surface area contributed by atoms with Crippen LogP contribution in [0.1, 0.15) is 32.5 Å². The molecule has 4 atom stereocenters. The van der Waals surface area contributed by atoms with E-state index in [0.717, 1.165) is 5.69 Å². The number of benzene rings is 1.